The zero-order valence-electron chi connectivity index (χ0n) is 12.1. The lowest BCUT2D eigenvalue weighted by Crippen LogP contribution is -2.33. The molecular formula is C14H24N2O2S. The van der Waals surface area contributed by atoms with Gasteiger partial charge in [-0.15, -0.1) is 0 Å². The van der Waals surface area contributed by atoms with Gasteiger partial charge in [-0.3, -0.25) is 0 Å². The van der Waals surface area contributed by atoms with Crippen LogP contribution in [0.15, 0.2) is 29.2 Å². The van der Waals surface area contributed by atoms with Gasteiger partial charge in [0.2, 0.25) is 10.0 Å². The molecule has 0 bridgehead atoms. The second-order valence-electron chi connectivity index (χ2n) is 4.72. The summed E-state index contributed by atoms with van der Waals surface area (Å²) in [7, 11) is -1.57. The molecule has 4 nitrogen and oxygen atoms in total. The van der Waals surface area contributed by atoms with E-state index < -0.39 is 10.0 Å². The molecular weight excluding hydrogens is 260 g/mol. The van der Waals surface area contributed by atoms with Crippen LogP contribution < -0.4 is 10.0 Å². The molecule has 0 aliphatic carbocycles. The van der Waals surface area contributed by atoms with Gasteiger partial charge in [-0.2, -0.15) is 0 Å². The molecule has 1 unspecified atom stereocenters. The quantitative estimate of drug-likeness (QED) is 0.808. The van der Waals surface area contributed by atoms with Crippen LogP contribution in [0, 0.1) is 0 Å². The first-order valence-electron chi connectivity index (χ1n) is 6.74. The minimum absolute atomic E-state index is 0.00428. The van der Waals surface area contributed by atoms with Gasteiger partial charge in [-0.05, 0) is 44.5 Å². The maximum absolute atomic E-state index is 12.3. The summed E-state index contributed by atoms with van der Waals surface area (Å²) in [5.41, 5.74) is 0.968. The summed E-state index contributed by atoms with van der Waals surface area (Å²) >= 11 is 0. The minimum Gasteiger partial charge on any atom is -0.313 e. The molecule has 1 aromatic rings. The molecule has 0 aliphatic heterocycles. The Bertz CT molecular complexity index is 496. The number of sulfonamides is 1. The molecule has 0 heterocycles. The molecule has 0 spiro atoms. The molecule has 0 aromatic heterocycles. The molecule has 5 heteroatoms. The monoisotopic (exact) mass is 284 g/mol. The van der Waals surface area contributed by atoms with Crippen molar-refractivity contribution in [1.29, 1.82) is 0 Å². The van der Waals surface area contributed by atoms with Crippen molar-refractivity contribution >= 4 is 10.0 Å². The fraction of sp³-hybridized carbons (Fsp3) is 0.571. The van der Waals surface area contributed by atoms with Gasteiger partial charge in [0.25, 0.3) is 0 Å². The molecule has 0 saturated heterocycles. The van der Waals surface area contributed by atoms with Gasteiger partial charge in [0.15, 0.2) is 0 Å². The molecule has 0 amide bonds. The normalized spacial score (nSPS) is 13.7. The zero-order valence-corrected chi connectivity index (χ0v) is 12.9. The number of nitrogens with one attached hydrogen (secondary N) is 2. The van der Waals surface area contributed by atoms with E-state index in [0.717, 1.165) is 18.4 Å². The second kappa shape index (κ2) is 7.03. The van der Waals surface area contributed by atoms with Gasteiger partial charge >= 0.3 is 0 Å². The van der Waals surface area contributed by atoms with E-state index in [9.17, 15) is 8.42 Å². The summed E-state index contributed by atoms with van der Waals surface area (Å²) in [5, 5.41) is 3.11. The Morgan fingerprint density at radius 3 is 2.37 bits per heavy atom. The Balaban J connectivity index is 3.01. The van der Waals surface area contributed by atoms with Crippen molar-refractivity contribution in [3.63, 3.8) is 0 Å². The zero-order chi connectivity index (χ0) is 14.5. The average Bonchev–Trinajstić information content (AvgIpc) is 2.44. The van der Waals surface area contributed by atoms with Crippen LogP contribution in [-0.4, -0.2) is 21.5 Å². The summed E-state index contributed by atoms with van der Waals surface area (Å²) in [5.74, 6) is 0. The highest BCUT2D eigenvalue weighted by atomic mass is 32.2. The van der Waals surface area contributed by atoms with Gasteiger partial charge in [-0.25, -0.2) is 13.1 Å². The Hall–Kier alpha value is -0.910. The van der Waals surface area contributed by atoms with Crippen LogP contribution in [0.5, 0.6) is 0 Å². The molecule has 1 atom stereocenters. The highest BCUT2D eigenvalue weighted by Crippen LogP contribution is 2.17. The SMILES string of the molecule is CCC(CC)NS(=O)(=O)c1cccc(C(C)NC)c1. The number of hydrogen-bond donors (Lipinski definition) is 2. The van der Waals surface area contributed by atoms with E-state index in [1.54, 1.807) is 18.2 Å². The van der Waals surface area contributed by atoms with E-state index in [1.165, 1.54) is 0 Å². The molecule has 0 aliphatic rings. The maximum atomic E-state index is 12.3. The lowest BCUT2D eigenvalue weighted by atomic mass is 10.1. The Labute approximate surface area is 116 Å². The van der Waals surface area contributed by atoms with Crippen LogP contribution in [0.4, 0.5) is 0 Å². The Morgan fingerprint density at radius 1 is 1.21 bits per heavy atom. The highest BCUT2D eigenvalue weighted by molar-refractivity contribution is 7.89. The number of benzene rings is 1. The van der Waals surface area contributed by atoms with Crippen LogP contribution in [-0.2, 0) is 10.0 Å². The van der Waals surface area contributed by atoms with Gasteiger partial charge in [0, 0.05) is 12.1 Å². The van der Waals surface area contributed by atoms with E-state index in [0.29, 0.717) is 4.90 Å². The van der Waals surface area contributed by atoms with Gasteiger partial charge in [0.05, 0.1) is 4.90 Å². The van der Waals surface area contributed by atoms with Crippen molar-refractivity contribution in [2.75, 3.05) is 7.05 Å². The summed E-state index contributed by atoms with van der Waals surface area (Å²) < 4.78 is 27.3. The smallest absolute Gasteiger partial charge is 0.240 e. The molecule has 1 rings (SSSR count). The fourth-order valence-corrected chi connectivity index (χ4v) is 3.32. The predicted octanol–water partition coefficient (Wildman–Crippen LogP) is 2.43. The third-order valence-electron chi connectivity index (χ3n) is 3.41. The average molecular weight is 284 g/mol. The molecule has 0 radical (unpaired) electrons. The summed E-state index contributed by atoms with van der Waals surface area (Å²) in [4.78, 5) is 0.332. The predicted molar refractivity (Wildman–Crippen MR) is 78.6 cm³/mol. The van der Waals surface area contributed by atoms with E-state index in [4.69, 9.17) is 0 Å². The van der Waals surface area contributed by atoms with Gasteiger partial charge < -0.3 is 5.32 Å². The minimum atomic E-state index is -3.43. The molecule has 108 valence electrons. The summed E-state index contributed by atoms with van der Waals surface area (Å²) in [6.45, 7) is 5.96. The Morgan fingerprint density at radius 2 is 1.84 bits per heavy atom. The van der Waals surface area contributed by atoms with Gasteiger partial charge in [0.1, 0.15) is 0 Å². The molecule has 0 fully saturated rings. The maximum Gasteiger partial charge on any atom is 0.240 e. The van der Waals surface area contributed by atoms with Crippen LogP contribution in [0.25, 0.3) is 0 Å². The highest BCUT2D eigenvalue weighted by Gasteiger charge is 2.18. The molecule has 0 saturated carbocycles. The van der Waals surface area contributed by atoms with Gasteiger partial charge in [-0.1, -0.05) is 26.0 Å². The lowest BCUT2D eigenvalue weighted by molar-refractivity contribution is 0.530. The van der Waals surface area contributed by atoms with Crippen molar-refractivity contribution in [2.45, 2.75) is 50.6 Å². The lowest BCUT2D eigenvalue weighted by Gasteiger charge is -2.16. The molecule has 19 heavy (non-hydrogen) atoms. The second-order valence-corrected chi connectivity index (χ2v) is 6.43. The van der Waals surface area contributed by atoms with Crippen molar-refractivity contribution in [3.8, 4) is 0 Å². The van der Waals surface area contributed by atoms with Crippen LogP contribution in [0.1, 0.15) is 45.2 Å². The third kappa shape index (κ3) is 4.30. The van der Waals surface area contributed by atoms with E-state index in [2.05, 4.69) is 10.0 Å². The standard InChI is InChI=1S/C14H24N2O2S/c1-5-13(6-2)16-19(17,18)14-9-7-8-12(10-14)11(3)15-4/h7-11,13,15-16H,5-6H2,1-4H3. The van der Waals surface area contributed by atoms with Crippen LogP contribution >= 0.6 is 0 Å². The fourth-order valence-electron chi connectivity index (χ4n) is 1.86. The first-order chi connectivity index (χ1) is 8.94. The summed E-state index contributed by atoms with van der Waals surface area (Å²) in [6.07, 6.45) is 1.59. The topological polar surface area (TPSA) is 58.2 Å². The van der Waals surface area contributed by atoms with Crippen molar-refractivity contribution in [1.82, 2.24) is 10.0 Å². The Kier molecular flexibility index (Phi) is 5.97. The first kappa shape index (κ1) is 16.1. The van der Waals surface area contributed by atoms with Crippen LogP contribution in [0.2, 0.25) is 0 Å². The van der Waals surface area contributed by atoms with E-state index in [1.807, 2.05) is 33.9 Å². The molecule has 2 N–H and O–H groups in total. The number of hydrogen-bond acceptors (Lipinski definition) is 3. The van der Waals surface area contributed by atoms with Crippen molar-refractivity contribution < 1.29 is 8.42 Å². The third-order valence-corrected chi connectivity index (χ3v) is 4.93. The van der Waals surface area contributed by atoms with E-state index >= 15 is 0 Å². The largest absolute Gasteiger partial charge is 0.313 e. The summed E-state index contributed by atoms with van der Waals surface area (Å²) in [6, 6.07) is 7.20. The first-order valence-corrected chi connectivity index (χ1v) is 8.22. The van der Waals surface area contributed by atoms with Crippen LogP contribution in [0.3, 0.4) is 0 Å². The van der Waals surface area contributed by atoms with Crippen molar-refractivity contribution in [3.05, 3.63) is 29.8 Å². The molecule has 1 aromatic carbocycles. The number of rotatable bonds is 7. The van der Waals surface area contributed by atoms with E-state index in [-0.39, 0.29) is 12.1 Å². The van der Waals surface area contributed by atoms with Crippen molar-refractivity contribution in [2.24, 2.45) is 0 Å².